The predicted octanol–water partition coefficient (Wildman–Crippen LogP) is 0.653. The summed E-state index contributed by atoms with van der Waals surface area (Å²) >= 11 is 1.07. The summed E-state index contributed by atoms with van der Waals surface area (Å²) < 4.78 is 0.990. The third-order valence-corrected chi connectivity index (χ3v) is 3.45. The molecule has 0 amide bonds. The molecule has 94 valence electrons. The Morgan fingerprint density at radius 3 is 2.89 bits per heavy atom. The van der Waals surface area contributed by atoms with E-state index in [-0.39, 0.29) is 11.4 Å². The molecule has 0 unspecified atom stereocenters. The highest BCUT2D eigenvalue weighted by Crippen LogP contribution is 2.16. The van der Waals surface area contributed by atoms with Crippen LogP contribution in [-0.2, 0) is 6.54 Å². The van der Waals surface area contributed by atoms with E-state index in [0.29, 0.717) is 11.1 Å². The minimum absolute atomic E-state index is 0.0407. The molecule has 2 N–H and O–H groups in total. The summed E-state index contributed by atoms with van der Waals surface area (Å²) in [5.74, 6) is -1.06. The van der Waals surface area contributed by atoms with Crippen LogP contribution < -0.4 is 11.2 Å². The highest BCUT2D eigenvalue weighted by Gasteiger charge is 2.14. The number of carboxylic acid groups (broad SMARTS) is 1. The molecule has 0 fully saturated rings. The minimum Gasteiger partial charge on any atom is -0.477 e. The van der Waals surface area contributed by atoms with E-state index in [1.165, 1.54) is 6.20 Å². The molecule has 0 bridgehead atoms. The summed E-state index contributed by atoms with van der Waals surface area (Å²) in [7, 11) is 0. The summed E-state index contributed by atoms with van der Waals surface area (Å²) in [4.78, 5) is 36.9. The van der Waals surface area contributed by atoms with Gasteiger partial charge in [0.25, 0.3) is 5.56 Å². The number of H-pyrrole nitrogens is 1. The lowest BCUT2D eigenvalue weighted by atomic mass is 10.2. The lowest BCUT2D eigenvalue weighted by Gasteiger charge is -2.04. The lowest BCUT2D eigenvalue weighted by molar-refractivity contribution is 0.0701. The van der Waals surface area contributed by atoms with Crippen LogP contribution in [-0.4, -0.2) is 20.6 Å². The number of carboxylic acids is 1. The van der Waals surface area contributed by atoms with Crippen molar-refractivity contribution in [2.45, 2.75) is 13.5 Å². The topological polar surface area (TPSA) is 92.2 Å². The first-order valence-electron chi connectivity index (χ1n) is 5.09. The Balaban J connectivity index is 2.50. The zero-order valence-corrected chi connectivity index (χ0v) is 10.3. The first kappa shape index (κ1) is 12.3. The molecular formula is C11H10N2O4S. The van der Waals surface area contributed by atoms with Gasteiger partial charge in [-0.2, -0.15) is 0 Å². The van der Waals surface area contributed by atoms with E-state index in [9.17, 15) is 14.4 Å². The van der Waals surface area contributed by atoms with Crippen LogP contribution in [0.3, 0.4) is 0 Å². The van der Waals surface area contributed by atoms with Crippen molar-refractivity contribution in [3.05, 3.63) is 54.5 Å². The molecule has 18 heavy (non-hydrogen) atoms. The van der Waals surface area contributed by atoms with Gasteiger partial charge in [0.2, 0.25) is 0 Å². The zero-order valence-electron chi connectivity index (χ0n) is 9.47. The van der Waals surface area contributed by atoms with Gasteiger partial charge >= 0.3 is 11.7 Å². The van der Waals surface area contributed by atoms with Gasteiger partial charge < -0.3 is 10.1 Å². The third kappa shape index (κ3) is 2.12. The molecule has 7 heteroatoms. The second-order valence-electron chi connectivity index (χ2n) is 3.75. The normalized spacial score (nSPS) is 10.5. The summed E-state index contributed by atoms with van der Waals surface area (Å²) in [5, 5.41) is 10.6. The Morgan fingerprint density at radius 1 is 1.50 bits per heavy atom. The summed E-state index contributed by atoms with van der Waals surface area (Å²) in [6.07, 6.45) is 1.34. The number of nitrogens with one attached hydrogen (secondary N) is 1. The molecule has 0 saturated heterocycles. The van der Waals surface area contributed by atoms with E-state index in [1.807, 2.05) is 0 Å². The number of hydrogen-bond donors (Lipinski definition) is 2. The Labute approximate surface area is 105 Å². The second-order valence-corrected chi connectivity index (χ2v) is 4.66. The number of aromatic carboxylic acids is 1. The van der Waals surface area contributed by atoms with Crippen LogP contribution in [0.25, 0.3) is 0 Å². The number of hydrogen-bond acceptors (Lipinski definition) is 4. The van der Waals surface area contributed by atoms with E-state index >= 15 is 0 Å². The molecule has 0 aliphatic rings. The molecule has 0 aliphatic carbocycles. The van der Waals surface area contributed by atoms with Crippen LogP contribution in [0.15, 0.2) is 27.2 Å². The summed E-state index contributed by atoms with van der Waals surface area (Å²) in [6.45, 7) is 1.54. The van der Waals surface area contributed by atoms with E-state index in [4.69, 9.17) is 5.11 Å². The SMILES string of the molecule is Cc1c[nH]c(=O)n(Cc2ccsc2C(=O)O)c1=O. The number of nitrogens with zero attached hydrogens (tertiary/aromatic N) is 1. The molecule has 0 radical (unpaired) electrons. The molecule has 0 aromatic carbocycles. The maximum Gasteiger partial charge on any atom is 0.346 e. The second kappa shape index (κ2) is 4.61. The van der Waals surface area contributed by atoms with Crippen LogP contribution in [0.4, 0.5) is 0 Å². The predicted molar refractivity (Wildman–Crippen MR) is 66.4 cm³/mol. The number of thiophene rings is 1. The highest BCUT2D eigenvalue weighted by molar-refractivity contribution is 7.12. The average Bonchev–Trinajstić information content (AvgIpc) is 2.78. The number of carbonyl (C=O) groups is 1. The van der Waals surface area contributed by atoms with Gasteiger partial charge in [-0.3, -0.25) is 9.36 Å². The lowest BCUT2D eigenvalue weighted by Crippen LogP contribution is -2.36. The van der Waals surface area contributed by atoms with Crippen LogP contribution >= 0.6 is 11.3 Å². The molecule has 0 saturated carbocycles. The first-order valence-corrected chi connectivity index (χ1v) is 5.97. The summed E-state index contributed by atoms with van der Waals surface area (Å²) in [6, 6.07) is 1.60. The van der Waals surface area contributed by atoms with Crippen molar-refractivity contribution in [2.24, 2.45) is 0 Å². The minimum atomic E-state index is -1.06. The molecular weight excluding hydrogens is 256 g/mol. The Morgan fingerprint density at radius 2 is 2.22 bits per heavy atom. The van der Waals surface area contributed by atoms with Gasteiger partial charge in [0, 0.05) is 11.8 Å². The zero-order chi connectivity index (χ0) is 13.3. The van der Waals surface area contributed by atoms with E-state index in [2.05, 4.69) is 4.98 Å². The molecule has 0 aliphatic heterocycles. The standard InChI is InChI=1S/C11H10N2O4S/c1-6-4-12-11(17)13(9(6)14)5-7-2-3-18-8(7)10(15)16/h2-4H,5H2,1H3,(H,12,17)(H,15,16). The van der Waals surface area contributed by atoms with Crippen molar-refractivity contribution in [3.8, 4) is 0 Å². The van der Waals surface area contributed by atoms with Crippen LogP contribution in [0.2, 0.25) is 0 Å². The Bertz CT molecular complexity index is 710. The van der Waals surface area contributed by atoms with Crippen molar-refractivity contribution in [1.82, 2.24) is 9.55 Å². The molecule has 2 rings (SSSR count). The molecule has 6 nitrogen and oxygen atoms in total. The first-order chi connectivity index (χ1) is 8.50. The van der Waals surface area contributed by atoms with Crippen LogP contribution in [0, 0.1) is 6.92 Å². The highest BCUT2D eigenvalue weighted by atomic mass is 32.1. The van der Waals surface area contributed by atoms with Crippen LogP contribution in [0.5, 0.6) is 0 Å². The summed E-state index contributed by atoms with van der Waals surface area (Å²) in [5.41, 5.74) is -0.109. The van der Waals surface area contributed by atoms with E-state index < -0.39 is 17.2 Å². The van der Waals surface area contributed by atoms with Gasteiger partial charge in [0.05, 0.1) is 6.54 Å². The van der Waals surface area contributed by atoms with Gasteiger partial charge in [0.1, 0.15) is 4.88 Å². The van der Waals surface area contributed by atoms with Crippen molar-refractivity contribution < 1.29 is 9.90 Å². The fourth-order valence-electron chi connectivity index (χ4n) is 1.58. The van der Waals surface area contributed by atoms with Crippen LogP contribution in [0.1, 0.15) is 20.8 Å². The Hall–Kier alpha value is -2.15. The monoisotopic (exact) mass is 266 g/mol. The maximum atomic E-state index is 11.8. The fraction of sp³-hybridized carbons (Fsp3) is 0.182. The molecule has 2 aromatic rings. The third-order valence-electron chi connectivity index (χ3n) is 2.51. The van der Waals surface area contributed by atoms with Crippen molar-refractivity contribution >= 4 is 17.3 Å². The smallest absolute Gasteiger partial charge is 0.346 e. The fourth-order valence-corrected chi connectivity index (χ4v) is 2.33. The van der Waals surface area contributed by atoms with Gasteiger partial charge in [-0.05, 0) is 23.9 Å². The van der Waals surface area contributed by atoms with Gasteiger partial charge in [0.15, 0.2) is 0 Å². The molecule has 0 atom stereocenters. The number of aryl methyl sites for hydroxylation is 1. The van der Waals surface area contributed by atoms with Crippen molar-refractivity contribution in [1.29, 1.82) is 0 Å². The molecule has 0 spiro atoms. The van der Waals surface area contributed by atoms with Gasteiger partial charge in [-0.1, -0.05) is 0 Å². The quantitative estimate of drug-likeness (QED) is 0.853. The molecule has 2 heterocycles. The van der Waals surface area contributed by atoms with Gasteiger partial charge in [-0.25, -0.2) is 9.59 Å². The number of rotatable bonds is 3. The van der Waals surface area contributed by atoms with Gasteiger partial charge in [-0.15, -0.1) is 11.3 Å². The van der Waals surface area contributed by atoms with E-state index in [1.54, 1.807) is 18.4 Å². The average molecular weight is 266 g/mol. The maximum absolute atomic E-state index is 11.8. The largest absolute Gasteiger partial charge is 0.477 e. The van der Waals surface area contributed by atoms with Crippen molar-refractivity contribution in [2.75, 3.05) is 0 Å². The Kier molecular flexibility index (Phi) is 3.15. The van der Waals surface area contributed by atoms with E-state index in [0.717, 1.165) is 15.9 Å². The number of aromatic amines is 1. The molecule has 2 aromatic heterocycles. The van der Waals surface area contributed by atoms with Crippen molar-refractivity contribution in [3.63, 3.8) is 0 Å². The number of aromatic nitrogens is 2.